The van der Waals surface area contributed by atoms with E-state index in [0.29, 0.717) is 13.0 Å². The molecule has 3 nitrogen and oxygen atoms in total. The topological polar surface area (TPSA) is 43.4 Å². The molecule has 1 atom stereocenters. The van der Waals surface area contributed by atoms with E-state index < -0.39 is 20.0 Å². The summed E-state index contributed by atoms with van der Waals surface area (Å²) in [6, 6.07) is 0. The van der Waals surface area contributed by atoms with E-state index in [-0.39, 0.29) is 0 Å². The Morgan fingerprint density at radius 1 is 1.27 bits per heavy atom. The van der Waals surface area contributed by atoms with Crippen molar-refractivity contribution in [1.82, 2.24) is 0 Å². The van der Waals surface area contributed by atoms with Gasteiger partial charge in [-0.2, -0.15) is 0 Å². The zero-order valence-electron chi connectivity index (χ0n) is 9.95. The number of ether oxygens (including phenoxy) is 1. The van der Waals surface area contributed by atoms with Gasteiger partial charge in [0.1, 0.15) is 0 Å². The summed E-state index contributed by atoms with van der Waals surface area (Å²) >= 11 is 0. The molecule has 15 heavy (non-hydrogen) atoms. The van der Waals surface area contributed by atoms with Crippen molar-refractivity contribution in [2.24, 2.45) is 0 Å². The van der Waals surface area contributed by atoms with Crippen molar-refractivity contribution in [3.8, 4) is 0 Å². The second-order valence-corrected chi connectivity index (χ2v) is 7.62. The smallest absolute Gasteiger partial charge is 0.184 e. The average Bonchev–Trinajstić information content (AvgIpc) is 2.34. The van der Waals surface area contributed by atoms with Crippen LogP contribution >= 0.6 is 0 Å². The molecule has 1 fully saturated rings. The van der Waals surface area contributed by atoms with Gasteiger partial charge in [-0.1, -0.05) is 26.2 Å². The minimum atomic E-state index is -3.07. The molecule has 0 aromatic rings. The van der Waals surface area contributed by atoms with Gasteiger partial charge in [0.15, 0.2) is 15.3 Å². The van der Waals surface area contributed by atoms with Crippen molar-refractivity contribution in [2.75, 3.05) is 6.61 Å². The van der Waals surface area contributed by atoms with E-state index in [2.05, 4.69) is 6.92 Å². The van der Waals surface area contributed by atoms with E-state index in [4.69, 9.17) is 4.74 Å². The third-order valence-electron chi connectivity index (χ3n) is 3.03. The van der Waals surface area contributed by atoms with E-state index in [0.717, 1.165) is 12.8 Å². The van der Waals surface area contributed by atoms with Gasteiger partial charge < -0.3 is 4.74 Å². The Morgan fingerprint density at radius 2 is 1.93 bits per heavy atom. The summed E-state index contributed by atoms with van der Waals surface area (Å²) in [4.78, 5) is 0. The number of hydrogen-bond donors (Lipinski definition) is 0. The van der Waals surface area contributed by atoms with Crippen molar-refractivity contribution < 1.29 is 13.2 Å². The van der Waals surface area contributed by atoms with Crippen LogP contribution in [0, 0.1) is 0 Å². The Kier molecular flexibility index (Phi) is 4.18. The number of rotatable bonds is 5. The van der Waals surface area contributed by atoms with Crippen LogP contribution in [0.4, 0.5) is 0 Å². The lowest BCUT2D eigenvalue weighted by Gasteiger charge is -2.15. The predicted molar refractivity (Wildman–Crippen MR) is 61.5 cm³/mol. The molecule has 0 aromatic heterocycles. The normalized spacial score (nSPS) is 28.1. The van der Waals surface area contributed by atoms with Gasteiger partial charge in [0.25, 0.3) is 0 Å². The van der Waals surface area contributed by atoms with Gasteiger partial charge in [0.2, 0.25) is 0 Å². The minimum Gasteiger partial charge on any atom is -0.361 e. The molecule has 90 valence electrons. The van der Waals surface area contributed by atoms with Gasteiger partial charge in [-0.05, 0) is 26.7 Å². The molecule has 0 bridgehead atoms. The highest BCUT2D eigenvalue weighted by Gasteiger charge is 2.47. The number of unbranched alkanes of at least 4 members (excludes halogenated alkanes) is 3. The third kappa shape index (κ3) is 2.72. The first-order chi connectivity index (χ1) is 6.92. The lowest BCUT2D eigenvalue weighted by Crippen LogP contribution is -2.32. The van der Waals surface area contributed by atoms with E-state index >= 15 is 0 Å². The maximum Gasteiger partial charge on any atom is 0.184 e. The van der Waals surface area contributed by atoms with Crippen molar-refractivity contribution in [3.05, 3.63) is 0 Å². The van der Waals surface area contributed by atoms with Gasteiger partial charge in [0.05, 0.1) is 11.4 Å². The molecular weight excluding hydrogens is 212 g/mol. The van der Waals surface area contributed by atoms with Crippen LogP contribution in [0.2, 0.25) is 0 Å². The summed E-state index contributed by atoms with van der Waals surface area (Å²) in [5.41, 5.74) is -0.552. The van der Waals surface area contributed by atoms with Crippen LogP contribution in [0.15, 0.2) is 0 Å². The lowest BCUT2D eigenvalue weighted by molar-refractivity contribution is 0.113. The molecule has 1 unspecified atom stereocenters. The van der Waals surface area contributed by atoms with Gasteiger partial charge in [0, 0.05) is 0 Å². The van der Waals surface area contributed by atoms with Crippen molar-refractivity contribution >= 4 is 9.84 Å². The zero-order chi connectivity index (χ0) is 11.5. The summed E-state index contributed by atoms with van der Waals surface area (Å²) in [6.45, 7) is 5.97. The molecule has 0 radical (unpaired) electrons. The lowest BCUT2D eigenvalue weighted by atomic mass is 10.2. The summed E-state index contributed by atoms with van der Waals surface area (Å²) in [5, 5.41) is 0. The highest BCUT2D eigenvalue weighted by Crippen LogP contribution is 2.32. The van der Waals surface area contributed by atoms with Gasteiger partial charge >= 0.3 is 0 Å². The Labute approximate surface area is 93.1 Å². The first-order valence-corrected chi connectivity index (χ1v) is 7.31. The molecule has 1 rings (SSSR count). The highest BCUT2D eigenvalue weighted by molar-refractivity contribution is 7.93. The van der Waals surface area contributed by atoms with Crippen LogP contribution in [-0.2, 0) is 14.6 Å². The highest BCUT2D eigenvalue weighted by atomic mass is 32.2. The van der Waals surface area contributed by atoms with Gasteiger partial charge in [-0.3, -0.25) is 0 Å². The molecule has 1 aliphatic rings. The average molecular weight is 234 g/mol. The summed E-state index contributed by atoms with van der Waals surface area (Å²) in [5.74, 6) is 0. The molecule has 4 heteroatoms. The fourth-order valence-corrected chi connectivity index (χ4v) is 3.47. The molecular formula is C11H22O3S. The third-order valence-corrected chi connectivity index (χ3v) is 5.75. The van der Waals surface area contributed by atoms with Crippen molar-refractivity contribution in [2.45, 2.75) is 63.1 Å². The van der Waals surface area contributed by atoms with Crippen LogP contribution in [-0.4, -0.2) is 25.2 Å². The molecule has 0 aliphatic carbocycles. The maximum absolute atomic E-state index is 12.0. The summed E-state index contributed by atoms with van der Waals surface area (Å²) in [6.07, 6.45) is 5.06. The van der Waals surface area contributed by atoms with Gasteiger partial charge in [-0.15, -0.1) is 0 Å². The number of hydrogen-bond acceptors (Lipinski definition) is 3. The Hall–Kier alpha value is -0.0900. The summed E-state index contributed by atoms with van der Waals surface area (Å²) < 4.78 is 28.6. The van der Waals surface area contributed by atoms with Crippen molar-refractivity contribution in [1.29, 1.82) is 0 Å². The van der Waals surface area contributed by atoms with E-state index in [1.165, 1.54) is 12.8 Å². The fraction of sp³-hybridized carbons (Fsp3) is 1.00. The van der Waals surface area contributed by atoms with E-state index in [1.54, 1.807) is 13.8 Å². The Bertz CT molecular complexity index is 293. The van der Waals surface area contributed by atoms with Crippen LogP contribution < -0.4 is 0 Å². The molecule has 0 N–H and O–H groups in total. The second-order valence-electron chi connectivity index (χ2n) is 4.89. The fourth-order valence-electron chi connectivity index (χ4n) is 1.80. The Morgan fingerprint density at radius 3 is 2.40 bits per heavy atom. The number of sulfone groups is 1. The molecule has 1 saturated heterocycles. The SMILES string of the molecule is CCCCCCC1OCC(C)(C)S1(=O)=O. The first kappa shape index (κ1) is 13.0. The van der Waals surface area contributed by atoms with Crippen LogP contribution in [0.3, 0.4) is 0 Å². The molecule has 1 heterocycles. The zero-order valence-corrected chi connectivity index (χ0v) is 10.8. The molecule has 1 aliphatic heterocycles. The van der Waals surface area contributed by atoms with Gasteiger partial charge in [-0.25, -0.2) is 8.42 Å². The van der Waals surface area contributed by atoms with E-state index in [9.17, 15) is 8.42 Å². The summed E-state index contributed by atoms with van der Waals surface area (Å²) in [7, 11) is -3.07. The Balaban J connectivity index is 2.45. The molecule has 0 spiro atoms. The molecule has 0 amide bonds. The van der Waals surface area contributed by atoms with Crippen LogP contribution in [0.25, 0.3) is 0 Å². The first-order valence-electron chi connectivity index (χ1n) is 5.77. The maximum atomic E-state index is 12.0. The largest absolute Gasteiger partial charge is 0.361 e. The molecule has 0 aromatic carbocycles. The van der Waals surface area contributed by atoms with Crippen molar-refractivity contribution in [3.63, 3.8) is 0 Å². The van der Waals surface area contributed by atoms with Crippen LogP contribution in [0.1, 0.15) is 52.9 Å². The molecule has 0 saturated carbocycles. The minimum absolute atomic E-state index is 0.341. The van der Waals surface area contributed by atoms with E-state index in [1.807, 2.05) is 0 Å². The standard InChI is InChI=1S/C11H22O3S/c1-4-5-6-7-8-10-14-9-11(2,3)15(10,12)13/h10H,4-9H2,1-3H3. The monoisotopic (exact) mass is 234 g/mol. The quantitative estimate of drug-likeness (QED) is 0.686. The van der Waals surface area contributed by atoms with Crippen LogP contribution in [0.5, 0.6) is 0 Å². The second kappa shape index (κ2) is 4.83. The predicted octanol–water partition coefficient (Wildman–Crippen LogP) is 2.51.